The van der Waals surface area contributed by atoms with Crippen molar-refractivity contribution in [2.75, 3.05) is 5.32 Å². The molecule has 0 aliphatic rings. The third-order valence-electron chi connectivity index (χ3n) is 4.37. The number of benzene rings is 1. The summed E-state index contributed by atoms with van der Waals surface area (Å²) in [5.74, 6) is -0.340. The molecule has 0 radical (unpaired) electrons. The molecule has 4 aromatic rings. The first-order chi connectivity index (χ1) is 13.4. The van der Waals surface area contributed by atoms with Gasteiger partial charge in [0.05, 0.1) is 17.4 Å². The molecule has 0 aliphatic carbocycles. The number of fused-ring (bicyclic) bond motifs is 1. The summed E-state index contributed by atoms with van der Waals surface area (Å²) in [4.78, 5) is 35.6. The van der Waals surface area contributed by atoms with Crippen LogP contribution in [-0.2, 0) is 11.3 Å². The Labute approximate surface area is 173 Å². The van der Waals surface area contributed by atoms with E-state index in [1.165, 1.54) is 33.6 Å². The van der Waals surface area contributed by atoms with E-state index in [2.05, 4.69) is 15.3 Å². The van der Waals surface area contributed by atoms with Crippen LogP contribution in [0.4, 0.5) is 5.13 Å². The second kappa shape index (κ2) is 7.46. The van der Waals surface area contributed by atoms with Crippen LogP contribution < -0.4 is 10.9 Å². The summed E-state index contributed by atoms with van der Waals surface area (Å²) in [7, 11) is 0. The molecular weight excluding hydrogens is 416 g/mol. The van der Waals surface area contributed by atoms with Gasteiger partial charge in [-0.1, -0.05) is 29.8 Å². The maximum Gasteiger partial charge on any atom is 0.262 e. The Morgan fingerprint density at radius 1 is 1.29 bits per heavy atom. The normalized spacial score (nSPS) is 11.1. The zero-order valence-electron chi connectivity index (χ0n) is 15.0. The van der Waals surface area contributed by atoms with Gasteiger partial charge in [0.1, 0.15) is 11.4 Å². The Morgan fingerprint density at radius 3 is 2.86 bits per heavy atom. The summed E-state index contributed by atoms with van der Waals surface area (Å²) in [5, 5.41) is 6.18. The zero-order valence-corrected chi connectivity index (χ0v) is 17.4. The van der Waals surface area contributed by atoms with Gasteiger partial charge in [0, 0.05) is 20.8 Å². The van der Waals surface area contributed by atoms with E-state index in [0.717, 1.165) is 16.0 Å². The minimum Gasteiger partial charge on any atom is -0.300 e. The maximum atomic E-state index is 12.7. The molecule has 142 valence electrons. The lowest BCUT2D eigenvalue weighted by Gasteiger charge is -2.05. The Hall–Kier alpha value is -2.55. The van der Waals surface area contributed by atoms with Crippen LogP contribution in [-0.4, -0.2) is 20.4 Å². The molecular formula is C19H15ClN4O2S2. The number of hydrogen-bond donors (Lipinski definition) is 1. The minimum atomic E-state index is -0.340. The van der Waals surface area contributed by atoms with Crippen molar-refractivity contribution in [2.24, 2.45) is 0 Å². The van der Waals surface area contributed by atoms with E-state index in [4.69, 9.17) is 11.6 Å². The van der Waals surface area contributed by atoms with E-state index in [1.54, 1.807) is 6.07 Å². The van der Waals surface area contributed by atoms with Crippen molar-refractivity contribution in [1.29, 1.82) is 0 Å². The van der Waals surface area contributed by atoms with Gasteiger partial charge >= 0.3 is 0 Å². The Bertz CT molecular complexity index is 1260. The van der Waals surface area contributed by atoms with E-state index >= 15 is 0 Å². The Kier molecular flexibility index (Phi) is 5.01. The largest absolute Gasteiger partial charge is 0.300 e. The summed E-state index contributed by atoms with van der Waals surface area (Å²) in [6, 6.07) is 7.38. The van der Waals surface area contributed by atoms with E-state index in [9.17, 15) is 9.59 Å². The summed E-state index contributed by atoms with van der Waals surface area (Å²) in [6.07, 6.45) is 1.41. The lowest BCUT2D eigenvalue weighted by molar-refractivity contribution is -0.116. The molecule has 0 saturated carbocycles. The van der Waals surface area contributed by atoms with Gasteiger partial charge in [-0.3, -0.25) is 14.2 Å². The highest BCUT2D eigenvalue weighted by atomic mass is 35.5. The molecule has 1 N–H and O–H groups in total. The zero-order chi connectivity index (χ0) is 19.8. The number of thiophene rings is 1. The molecule has 0 atom stereocenters. The molecule has 1 amide bonds. The Morgan fingerprint density at radius 2 is 2.07 bits per heavy atom. The topological polar surface area (TPSA) is 76.9 Å². The van der Waals surface area contributed by atoms with Crippen LogP contribution in [0, 0.1) is 13.8 Å². The number of carbonyl (C=O) groups is 1. The second-order valence-electron chi connectivity index (χ2n) is 6.21. The number of rotatable bonds is 4. The maximum absolute atomic E-state index is 12.7. The average Bonchev–Trinajstić information content (AvgIpc) is 3.23. The monoisotopic (exact) mass is 430 g/mol. The first kappa shape index (κ1) is 18.8. The fourth-order valence-electron chi connectivity index (χ4n) is 2.82. The number of amides is 1. The summed E-state index contributed by atoms with van der Waals surface area (Å²) >= 11 is 8.98. The smallest absolute Gasteiger partial charge is 0.262 e. The van der Waals surface area contributed by atoms with Crippen LogP contribution in [0.5, 0.6) is 0 Å². The van der Waals surface area contributed by atoms with Crippen molar-refractivity contribution in [1.82, 2.24) is 14.5 Å². The second-order valence-corrected chi connectivity index (χ2v) is 8.68. The van der Waals surface area contributed by atoms with Gasteiger partial charge in [-0.05, 0) is 25.5 Å². The number of aryl methyl sites for hydroxylation is 2. The number of anilines is 1. The molecule has 1 aromatic carbocycles. The molecule has 9 heteroatoms. The fourth-order valence-corrected chi connectivity index (χ4v) is 4.77. The highest BCUT2D eigenvalue weighted by Crippen LogP contribution is 2.30. The van der Waals surface area contributed by atoms with Crippen molar-refractivity contribution < 1.29 is 4.79 Å². The lowest BCUT2D eigenvalue weighted by atomic mass is 10.2. The molecule has 28 heavy (non-hydrogen) atoms. The molecule has 3 heterocycles. The molecule has 0 aliphatic heterocycles. The predicted molar refractivity (Wildman–Crippen MR) is 115 cm³/mol. The third kappa shape index (κ3) is 3.46. The molecule has 3 aromatic heterocycles. The molecule has 4 rings (SSSR count). The van der Waals surface area contributed by atoms with Crippen molar-refractivity contribution in [2.45, 2.75) is 20.4 Å². The number of thiazole rings is 1. The highest BCUT2D eigenvalue weighted by molar-refractivity contribution is 7.18. The number of carbonyl (C=O) groups excluding carboxylic acids is 1. The van der Waals surface area contributed by atoms with Gasteiger partial charge in [-0.2, -0.15) is 0 Å². The predicted octanol–water partition coefficient (Wildman–Crippen LogP) is 4.49. The summed E-state index contributed by atoms with van der Waals surface area (Å²) < 4.78 is 1.32. The summed E-state index contributed by atoms with van der Waals surface area (Å²) in [5.41, 5.74) is 2.19. The first-order valence-electron chi connectivity index (χ1n) is 8.39. The molecule has 0 unspecified atom stereocenters. The lowest BCUT2D eigenvalue weighted by Crippen LogP contribution is -2.27. The van der Waals surface area contributed by atoms with Crippen LogP contribution >= 0.6 is 34.3 Å². The van der Waals surface area contributed by atoms with Gasteiger partial charge in [0.25, 0.3) is 5.56 Å². The van der Waals surface area contributed by atoms with Gasteiger partial charge in [0.15, 0.2) is 5.13 Å². The van der Waals surface area contributed by atoms with Crippen molar-refractivity contribution in [3.05, 3.63) is 61.8 Å². The molecule has 0 bridgehead atoms. The van der Waals surface area contributed by atoms with Gasteiger partial charge in [-0.15, -0.1) is 22.7 Å². The number of halogens is 1. The Balaban J connectivity index is 1.53. The minimum absolute atomic E-state index is 0.128. The molecule has 0 saturated heterocycles. The van der Waals surface area contributed by atoms with E-state index in [0.29, 0.717) is 26.1 Å². The molecule has 0 fully saturated rings. The number of nitrogens with one attached hydrogen (secondary N) is 1. The fraction of sp³-hybridized carbons (Fsp3) is 0.158. The quantitative estimate of drug-likeness (QED) is 0.517. The van der Waals surface area contributed by atoms with Crippen molar-refractivity contribution in [3.8, 4) is 11.3 Å². The number of aromatic nitrogens is 3. The number of hydrogen-bond acceptors (Lipinski definition) is 6. The van der Waals surface area contributed by atoms with Crippen LogP contribution in [0.1, 0.15) is 10.4 Å². The molecule has 6 nitrogen and oxygen atoms in total. The van der Waals surface area contributed by atoms with Gasteiger partial charge < -0.3 is 5.32 Å². The van der Waals surface area contributed by atoms with Crippen LogP contribution in [0.2, 0.25) is 5.02 Å². The van der Waals surface area contributed by atoms with Crippen LogP contribution in [0.15, 0.2) is 40.8 Å². The van der Waals surface area contributed by atoms with Crippen LogP contribution in [0.25, 0.3) is 21.5 Å². The number of nitrogens with zero attached hydrogens (tertiary/aromatic N) is 3. The first-order valence-corrected chi connectivity index (χ1v) is 10.5. The standard InChI is InChI=1S/C19H15ClN4O2S2/c1-10-11(2)28-17-16(10)18(26)24(9-21-17)7-15(25)23-19-22-14(8-27-19)12-5-3-4-6-13(12)20/h3-6,8-9H,7H2,1-2H3,(H,22,23,25). The van der Waals surface area contributed by atoms with E-state index in [-0.39, 0.29) is 18.0 Å². The van der Waals surface area contributed by atoms with Crippen LogP contribution in [0.3, 0.4) is 0 Å². The highest BCUT2D eigenvalue weighted by Gasteiger charge is 2.15. The average molecular weight is 431 g/mol. The van der Waals surface area contributed by atoms with Crippen molar-refractivity contribution >= 4 is 55.5 Å². The van der Waals surface area contributed by atoms with Gasteiger partial charge in [0.2, 0.25) is 5.91 Å². The van der Waals surface area contributed by atoms with Crippen molar-refractivity contribution in [3.63, 3.8) is 0 Å². The summed E-state index contributed by atoms with van der Waals surface area (Å²) in [6.45, 7) is 3.72. The third-order valence-corrected chi connectivity index (χ3v) is 6.57. The van der Waals surface area contributed by atoms with E-state index < -0.39 is 0 Å². The van der Waals surface area contributed by atoms with E-state index in [1.807, 2.05) is 37.4 Å². The molecule has 0 spiro atoms. The SMILES string of the molecule is Cc1sc2ncn(CC(=O)Nc3nc(-c4ccccc4Cl)cs3)c(=O)c2c1C. The van der Waals surface area contributed by atoms with Gasteiger partial charge in [-0.25, -0.2) is 9.97 Å².